The molecule has 0 amide bonds. The van der Waals surface area contributed by atoms with Gasteiger partial charge in [-0.15, -0.1) is 9.62 Å². The van der Waals surface area contributed by atoms with E-state index in [1.165, 1.54) is 25.0 Å². The molecule has 20 heavy (non-hydrogen) atoms. The summed E-state index contributed by atoms with van der Waals surface area (Å²) in [6.45, 7) is 2.78. The summed E-state index contributed by atoms with van der Waals surface area (Å²) in [7, 11) is -4.94. The highest BCUT2D eigenvalue weighted by Crippen LogP contribution is 2.19. The van der Waals surface area contributed by atoms with Gasteiger partial charge in [0.2, 0.25) is 0 Å². The fourth-order valence-electron chi connectivity index (χ4n) is 1.76. The van der Waals surface area contributed by atoms with Gasteiger partial charge in [-0.2, -0.15) is 0 Å². The van der Waals surface area contributed by atoms with Crippen LogP contribution < -0.4 is 0 Å². The highest BCUT2D eigenvalue weighted by atomic mass is 32.2. The summed E-state index contributed by atoms with van der Waals surface area (Å²) in [5.74, 6) is 4.11. The first-order chi connectivity index (χ1) is 9.10. The fourth-order valence-corrected chi connectivity index (χ4v) is 3.50. The maximum absolute atomic E-state index is 10.4. The van der Waals surface area contributed by atoms with Gasteiger partial charge in [-0.1, -0.05) is 17.7 Å². The Morgan fingerprint density at radius 3 is 2.15 bits per heavy atom. The molecule has 0 radical (unpaired) electrons. The van der Waals surface area contributed by atoms with Gasteiger partial charge in [0.25, 0.3) is 0 Å². The van der Waals surface area contributed by atoms with E-state index in [1.807, 2.05) is 6.92 Å². The highest BCUT2D eigenvalue weighted by molar-refractivity contribution is 8.10. The van der Waals surface area contributed by atoms with Crippen LogP contribution in [0.15, 0.2) is 29.2 Å². The molecular formula is C14H22O4S2. The minimum Gasteiger partial charge on any atom is -0.744 e. The topological polar surface area (TPSA) is 66.4 Å². The van der Waals surface area contributed by atoms with E-state index in [0.717, 1.165) is 12.2 Å². The van der Waals surface area contributed by atoms with Crippen LogP contribution in [0.4, 0.5) is 0 Å². The SMILES string of the molecule is C=[S+](C)(C)C1CCCO1.Cc1ccc(S(=O)(=O)[O-])cc1. The van der Waals surface area contributed by atoms with Gasteiger partial charge in [-0.25, -0.2) is 8.42 Å². The van der Waals surface area contributed by atoms with E-state index in [4.69, 9.17) is 4.74 Å². The number of aryl methyl sites for hydroxylation is 1. The van der Waals surface area contributed by atoms with Crippen molar-refractivity contribution in [2.75, 3.05) is 19.1 Å². The van der Waals surface area contributed by atoms with Crippen molar-refractivity contribution >= 4 is 25.6 Å². The lowest BCUT2D eigenvalue weighted by molar-refractivity contribution is 0.171. The Hall–Kier alpha value is -0.690. The van der Waals surface area contributed by atoms with Crippen LogP contribution in [0, 0.1) is 6.92 Å². The van der Waals surface area contributed by atoms with Crippen LogP contribution in [0.3, 0.4) is 0 Å². The molecule has 1 aliphatic heterocycles. The van der Waals surface area contributed by atoms with E-state index < -0.39 is 19.7 Å². The maximum Gasteiger partial charge on any atom is 0.184 e. The second kappa shape index (κ2) is 6.85. The van der Waals surface area contributed by atoms with Gasteiger partial charge in [0.1, 0.15) is 10.1 Å². The summed E-state index contributed by atoms with van der Waals surface area (Å²) in [5.41, 5.74) is 1.41. The fraction of sp³-hybridized carbons (Fsp3) is 0.500. The van der Waals surface area contributed by atoms with Crippen molar-refractivity contribution in [1.29, 1.82) is 0 Å². The molecule has 1 saturated heterocycles. The molecule has 1 aliphatic rings. The van der Waals surface area contributed by atoms with E-state index in [0.29, 0.717) is 5.44 Å². The summed E-state index contributed by atoms with van der Waals surface area (Å²) < 4.78 is 36.7. The van der Waals surface area contributed by atoms with E-state index in [9.17, 15) is 13.0 Å². The predicted molar refractivity (Wildman–Crippen MR) is 84.5 cm³/mol. The molecule has 0 aliphatic carbocycles. The molecule has 1 aromatic carbocycles. The molecule has 0 aromatic heterocycles. The Balaban J connectivity index is 0.000000204. The van der Waals surface area contributed by atoms with Gasteiger partial charge in [0.05, 0.1) is 24.0 Å². The van der Waals surface area contributed by atoms with Crippen LogP contribution in [0.25, 0.3) is 0 Å². The molecule has 0 spiro atoms. The van der Waals surface area contributed by atoms with Crippen molar-refractivity contribution in [3.63, 3.8) is 0 Å². The quantitative estimate of drug-likeness (QED) is 0.474. The van der Waals surface area contributed by atoms with Crippen molar-refractivity contribution in [2.45, 2.75) is 30.1 Å². The molecule has 6 heteroatoms. The Labute approximate surface area is 122 Å². The smallest absolute Gasteiger partial charge is 0.184 e. The molecule has 1 atom stereocenters. The Bertz CT molecular complexity index is 564. The normalized spacial score (nSPS) is 19.3. The third-order valence-electron chi connectivity index (χ3n) is 2.91. The van der Waals surface area contributed by atoms with Crippen molar-refractivity contribution in [1.82, 2.24) is 0 Å². The van der Waals surface area contributed by atoms with Crippen molar-refractivity contribution in [3.8, 4) is 0 Å². The minimum absolute atomic E-state index is 0.178. The van der Waals surface area contributed by atoms with Crippen LogP contribution in [-0.2, 0) is 24.5 Å². The highest BCUT2D eigenvalue weighted by Gasteiger charge is 2.26. The zero-order valence-corrected chi connectivity index (χ0v) is 13.8. The van der Waals surface area contributed by atoms with Gasteiger partial charge in [-0.05, 0) is 25.5 Å². The summed E-state index contributed by atoms with van der Waals surface area (Å²) >= 11 is 0. The standard InChI is InChI=1S/C7H8O3S.C7H15OS/c1-6-2-4-7(5-3-6)11(8,9)10;1-9(2,3)7-5-4-6-8-7/h2-5H,1H3,(H,8,9,10);7H,1,4-6H2,2-3H3/q;+1/p-1. The third kappa shape index (κ3) is 5.75. The van der Waals surface area contributed by atoms with E-state index >= 15 is 0 Å². The Morgan fingerprint density at radius 2 is 1.85 bits per heavy atom. The van der Waals surface area contributed by atoms with Crippen molar-refractivity contribution < 1.29 is 17.7 Å². The van der Waals surface area contributed by atoms with Gasteiger partial charge in [0.15, 0.2) is 5.44 Å². The molecule has 1 aromatic rings. The molecule has 4 nitrogen and oxygen atoms in total. The van der Waals surface area contributed by atoms with Crippen LogP contribution in [0.2, 0.25) is 0 Å². The monoisotopic (exact) mass is 318 g/mol. The van der Waals surface area contributed by atoms with Crippen LogP contribution in [-0.4, -0.2) is 43.4 Å². The van der Waals surface area contributed by atoms with Gasteiger partial charge >= 0.3 is 0 Å². The lowest BCUT2D eigenvalue weighted by atomic mass is 10.2. The largest absolute Gasteiger partial charge is 0.744 e. The van der Waals surface area contributed by atoms with E-state index in [1.54, 1.807) is 12.1 Å². The molecule has 1 heterocycles. The summed E-state index contributed by atoms with van der Waals surface area (Å²) in [4.78, 5) is -0.178. The maximum atomic E-state index is 10.4. The first-order valence-electron chi connectivity index (χ1n) is 6.30. The van der Waals surface area contributed by atoms with Crippen molar-refractivity contribution in [3.05, 3.63) is 29.8 Å². The molecule has 114 valence electrons. The number of hydrogen-bond donors (Lipinski definition) is 0. The number of rotatable bonds is 2. The zero-order chi connectivity index (χ0) is 15.4. The van der Waals surface area contributed by atoms with Crippen molar-refractivity contribution in [2.24, 2.45) is 0 Å². The summed E-state index contributed by atoms with van der Waals surface area (Å²) in [6.07, 6.45) is 6.88. The molecule has 2 rings (SSSR count). The Kier molecular flexibility index (Phi) is 5.94. The van der Waals surface area contributed by atoms with E-state index in [2.05, 4.69) is 18.4 Å². The van der Waals surface area contributed by atoms with E-state index in [-0.39, 0.29) is 4.90 Å². The van der Waals surface area contributed by atoms with Crippen LogP contribution >= 0.6 is 0 Å². The lowest BCUT2D eigenvalue weighted by Gasteiger charge is -2.14. The lowest BCUT2D eigenvalue weighted by Crippen LogP contribution is -2.24. The number of ether oxygens (including phenoxy) is 1. The average Bonchev–Trinajstić information content (AvgIpc) is 2.82. The first-order valence-corrected chi connectivity index (χ1v) is 10.4. The van der Waals surface area contributed by atoms with Gasteiger partial charge in [0, 0.05) is 12.3 Å². The predicted octanol–water partition coefficient (Wildman–Crippen LogP) is 1.87. The number of hydrogen-bond acceptors (Lipinski definition) is 4. The van der Waals surface area contributed by atoms with Crippen LogP contribution in [0.5, 0.6) is 0 Å². The molecule has 0 saturated carbocycles. The third-order valence-corrected chi connectivity index (χ3v) is 5.55. The summed E-state index contributed by atoms with van der Waals surface area (Å²) in [6, 6.07) is 5.78. The molecule has 1 fully saturated rings. The molecule has 1 unspecified atom stereocenters. The second-order valence-corrected chi connectivity index (χ2v) is 10.5. The van der Waals surface area contributed by atoms with Gasteiger partial charge in [-0.3, -0.25) is 0 Å². The first kappa shape index (κ1) is 17.4. The number of benzene rings is 1. The molecule has 0 bridgehead atoms. The molecular weight excluding hydrogens is 296 g/mol. The average molecular weight is 318 g/mol. The second-order valence-electron chi connectivity index (χ2n) is 5.33. The van der Waals surface area contributed by atoms with Crippen LogP contribution in [0.1, 0.15) is 18.4 Å². The summed E-state index contributed by atoms with van der Waals surface area (Å²) in [5, 5.41) is 0. The van der Waals surface area contributed by atoms with Gasteiger partial charge < -0.3 is 9.29 Å². The zero-order valence-electron chi connectivity index (χ0n) is 12.2. The Morgan fingerprint density at radius 1 is 1.30 bits per heavy atom. The molecule has 0 N–H and O–H groups in total. The minimum atomic E-state index is -4.27.